The van der Waals surface area contributed by atoms with E-state index in [1.807, 2.05) is 80.2 Å². The first-order valence-corrected chi connectivity index (χ1v) is 39.2. The number of aromatic nitrogens is 8. The van der Waals surface area contributed by atoms with Crippen LogP contribution in [0.25, 0.3) is 44.5 Å². The summed E-state index contributed by atoms with van der Waals surface area (Å²) in [6.07, 6.45) is 30.9. The van der Waals surface area contributed by atoms with Gasteiger partial charge in [-0.1, -0.05) is 115 Å². The summed E-state index contributed by atoms with van der Waals surface area (Å²) in [5.41, 5.74) is 54.5. The monoisotopic (exact) mass is 1440 g/mol. The summed E-state index contributed by atoms with van der Waals surface area (Å²) in [5, 5.41) is 0. The van der Waals surface area contributed by atoms with Gasteiger partial charge in [0.2, 0.25) is 0 Å². The standard InChI is InChI=1S/4C25H17N3/c1-2-6-20-15(4-1)10-18-14-23-19(12-21(18)20)11-16-7-9-26-22-13-17-5-3-8-27-25(17)28(23)24(16)22;1-2-6-20-15(4-1)10-18-14-23-19(12-21(18)20)13-22-24-16(7-9-26-22)11-17-5-3-8-27-25(17)28(23)24;1-2-6-21-15(4-1)8-17-12-23-18(11-22(17)21)10-20-14-26-13-19-9-16-5-3-7-27-25(16)28(23)24(19)20;1-2-4-20-15(3-1)9-18-13-23-19(11-21(18)20)12-22-25-17(6-8-27-22)10-16-5-7-26-14-24(16)28(23)25/h2*1-9,12,14H,10-11,13H2;1-7,11-14H,8-10H2;1-8,11,13-14H,9-10,12H2. The minimum Gasteiger partial charge on any atom is -0.306 e. The van der Waals surface area contributed by atoms with Crippen LogP contribution in [0.2, 0.25) is 0 Å². The van der Waals surface area contributed by atoms with E-state index in [1.54, 1.807) is 0 Å². The normalized spacial score (nSPS) is 14.6. The summed E-state index contributed by atoms with van der Waals surface area (Å²) in [5.74, 6) is 3.18. The summed E-state index contributed by atoms with van der Waals surface area (Å²) in [7, 11) is 0. The van der Waals surface area contributed by atoms with Crippen LogP contribution in [0.4, 0.5) is 68.6 Å². The van der Waals surface area contributed by atoms with E-state index in [0.717, 1.165) is 106 Å². The quantitative estimate of drug-likeness (QED) is 0.144. The van der Waals surface area contributed by atoms with Crippen molar-refractivity contribution in [3.8, 4) is 44.5 Å². The Bertz CT molecular complexity index is 6040. The van der Waals surface area contributed by atoms with Crippen molar-refractivity contribution in [1.29, 1.82) is 0 Å². The van der Waals surface area contributed by atoms with Gasteiger partial charge in [0.25, 0.3) is 0 Å². The van der Waals surface area contributed by atoms with Crippen molar-refractivity contribution < 1.29 is 0 Å². The van der Waals surface area contributed by atoms with Gasteiger partial charge in [-0.3, -0.25) is 39.6 Å². The van der Waals surface area contributed by atoms with E-state index in [-0.39, 0.29) is 0 Å². The lowest BCUT2D eigenvalue weighted by molar-refractivity contribution is 0.938. The fourth-order valence-electron chi connectivity index (χ4n) is 20.6. The zero-order chi connectivity index (χ0) is 73.0. The van der Waals surface area contributed by atoms with Gasteiger partial charge in [0, 0.05) is 113 Å². The van der Waals surface area contributed by atoms with Gasteiger partial charge >= 0.3 is 0 Å². The summed E-state index contributed by atoms with van der Waals surface area (Å²) < 4.78 is 0. The molecule has 0 bridgehead atoms. The SMILES string of the molecule is c1ccc2c(c1)Cc1cc3c(cc1-2)Cc1ccnc2c1N3c1ncccc1C2.c1ccc2c(c1)Cc1cc3c(cc1-2)Cc1cncc2c1N3c1ncccc1C2.c1ccc2c(c1)Cc1cc3c(cc1-2)Cc1nccc2c1N3c1cnccc1C2.c1ccc2c(c1)Cc1cc3c(cc1-2)Cc1nccc2c1N3c1ncccc1C2. The van der Waals surface area contributed by atoms with Crippen molar-refractivity contribution in [2.45, 2.75) is 77.0 Å². The predicted molar refractivity (Wildman–Crippen MR) is 442 cm³/mol. The number of rotatable bonds is 0. The molecule has 28 rings (SSSR count). The van der Waals surface area contributed by atoms with Gasteiger partial charge < -0.3 is 4.90 Å². The van der Waals surface area contributed by atoms with E-state index in [0.29, 0.717) is 0 Å². The Morgan fingerprint density at radius 3 is 0.929 bits per heavy atom. The fourth-order valence-corrected chi connectivity index (χ4v) is 20.6. The maximum absolute atomic E-state index is 4.78. The Morgan fingerprint density at radius 2 is 0.491 bits per heavy atom. The third-order valence-electron chi connectivity index (χ3n) is 25.5. The number of hydrogen-bond acceptors (Lipinski definition) is 12. The molecule has 16 heterocycles. The van der Waals surface area contributed by atoms with E-state index in [2.05, 4.69) is 218 Å². The van der Waals surface area contributed by atoms with Crippen LogP contribution in [0.15, 0.2) is 268 Å². The molecule has 12 aliphatic rings. The number of anilines is 12. The highest BCUT2D eigenvalue weighted by Crippen LogP contribution is 2.57. The highest BCUT2D eigenvalue weighted by atomic mass is 15.2. The zero-order valence-electron chi connectivity index (χ0n) is 61.3. The van der Waals surface area contributed by atoms with Crippen molar-refractivity contribution in [3.63, 3.8) is 0 Å². The van der Waals surface area contributed by atoms with E-state index < -0.39 is 0 Å². The molecule has 4 aliphatic carbocycles. The molecular formula is C100H68N12. The molecule has 12 nitrogen and oxygen atoms in total. The van der Waals surface area contributed by atoms with Crippen LogP contribution in [0, 0.1) is 0 Å². The first-order chi connectivity index (χ1) is 55.5. The molecule has 12 heteroatoms. The second kappa shape index (κ2) is 23.8. The predicted octanol–water partition coefficient (Wildman–Crippen LogP) is 21.3. The topological polar surface area (TPSA) is 116 Å². The Morgan fingerprint density at radius 1 is 0.179 bits per heavy atom. The Hall–Kier alpha value is -13.8. The molecule has 0 saturated heterocycles. The molecule has 0 amide bonds. The first-order valence-electron chi connectivity index (χ1n) is 39.2. The van der Waals surface area contributed by atoms with E-state index >= 15 is 0 Å². The lowest BCUT2D eigenvalue weighted by Crippen LogP contribution is -2.26. The van der Waals surface area contributed by atoms with Crippen LogP contribution in [0.3, 0.4) is 0 Å². The van der Waals surface area contributed by atoms with Crippen molar-refractivity contribution in [2.24, 2.45) is 0 Å². The zero-order valence-corrected chi connectivity index (χ0v) is 61.3. The van der Waals surface area contributed by atoms with Gasteiger partial charge in [-0.15, -0.1) is 0 Å². The average molecular weight is 1440 g/mol. The number of fused-ring (bicyclic) bond motifs is 28. The number of benzene rings is 8. The van der Waals surface area contributed by atoms with Crippen LogP contribution < -0.4 is 19.6 Å². The van der Waals surface area contributed by atoms with Crippen molar-refractivity contribution in [1.82, 2.24) is 39.9 Å². The van der Waals surface area contributed by atoms with Crippen LogP contribution in [-0.2, 0) is 77.0 Å². The Labute approximate surface area is 647 Å². The molecule has 0 saturated carbocycles. The molecule has 112 heavy (non-hydrogen) atoms. The number of pyridine rings is 8. The summed E-state index contributed by atoms with van der Waals surface area (Å²) in [6.45, 7) is 0. The number of hydrogen-bond donors (Lipinski definition) is 0. The third-order valence-corrected chi connectivity index (χ3v) is 25.5. The lowest BCUT2D eigenvalue weighted by atomic mass is 9.88. The summed E-state index contributed by atoms with van der Waals surface area (Å²) in [4.78, 5) is 47.1. The summed E-state index contributed by atoms with van der Waals surface area (Å²) in [6, 6.07) is 75.7. The van der Waals surface area contributed by atoms with Crippen LogP contribution in [-0.4, -0.2) is 39.9 Å². The molecule has 8 aromatic heterocycles. The van der Waals surface area contributed by atoms with Crippen LogP contribution in [0.5, 0.6) is 0 Å². The molecule has 0 spiro atoms. The van der Waals surface area contributed by atoms with Gasteiger partial charge in [0.05, 0.1) is 74.5 Å². The fraction of sp³-hybridized carbons (Fsp3) is 0.120. The minimum absolute atomic E-state index is 0.856. The Kier molecular flexibility index (Phi) is 13.2. The molecule has 8 aromatic carbocycles. The minimum atomic E-state index is 0.856. The second-order valence-electron chi connectivity index (χ2n) is 31.7. The molecule has 0 unspecified atom stereocenters. The van der Waals surface area contributed by atoms with Crippen LogP contribution >= 0.6 is 0 Å². The molecule has 0 N–H and O–H groups in total. The Balaban J connectivity index is 0.0000000847. The first kappa shape index (κ1) is 62.1. The van der Waals surface area contributed by atoms with Crippen LogP contribution in [0.1, 0.15) is 134 Å². The van der Waals surface area contributed by atoms with E-state index in [4.69, 9.17) is 29.9 Å². The lowest BCUT2D eigenvalue weighted by Gasteiger charge is -2.38. The molecule has 528 valence electrons. The average Bonchev–Trinajstić information content (AvgIpc) is 0.996. The summed E-state index contributed by atoms with van der Waals surface area (Å²) >= 11 is 0. The van der Waals surface area contributed by atoms with Gasteiger partial charge in [-0.25, -0.2) is 15.0 Å². The molecular weight excluding hydrogens is 1370 g/mol. The second-order valence-corrected chi connectivity index (χ2v) is 31.7. The molecule has 0 radical (unpaired) electrons. The van der Waals surface area contributed by atoms with Crippen molar-refractivity contribution in [3.05, 3.63) is 402 Å². The van der Waals surface area contributed by atoms with E-state index in [1.165, 1.54) is 218 Å². The maximum Gasteiger partial charge on any atom is 0.141 e. The third kappa shape index (κ3) is 9.29. The molecule has 0 fully saturated rings. The molecule has 16 aromatic rings. The highest BCUT2D eigenvalue weighted by molar-refractivity contribution is 5.96. The van der Waals surface area contributed by atoms with Gasteiger partial charge in [0.1, 0.15) is 17.5 Å². The maximum atomic E-state index is 4.78. The molecule has 8 aliphatic heterocycles. The highest BCUT2D eigenvalue weighted by Gasteiger charge is 2.40. The van der Waals surface area contributed by atoms with Gasteiger partial charge in [-0.05, 0) is 272 Å². The largest absolute Gasteiger partial charge is 0.306 e. The van der Waals surface area contributed by atoms with Gasteiger partial charge in [-0.2, -0.15) is 0 Å². The smallest absolute Gasteiger partial charge is 0.141 e. The van der Waals surface area contributed by atoms with E-state index in [9.17, 15) is 0 Å². The van der Waals surface area contributed by atoms with Gasteiger partial charge in [0.15, 0.2) is 0 Å². The van der Waals surface area contributed by atoms with Crippen molar-refractivity contribution >= 4 is 68.6 Å². The van der Waals surface area contributed by atoms with Crippen molar-refractivity contribution in [2.75, 3.05) is 19.6 Å². The number of nitrogens with zero attached hydrogens (tertiary/aromatic N) is 12. The molecule has 0 atom stereocenters.